The highest BCUT2D eigenvalue weighted by atomic mass is 35.5. The van der Waals surface area contributed by atoms with E-state index in [1.54, 1.807) is 12.1 Å². The van der Waals surface area contributed by atoms with Gasteiger partial charge < -0.3 is 9.73 Å². The van der Waals surface area contributed by atoms with Crippen molar-refractivity contribution in [2.24, 2.45) is 0 Å². The number of alkyl halides is 3. The van der Waals surface area contributed by atoms with Crippen LogP contribution in [0.2, 0.25) is 0 Å². The minimum Gasteiger partial charge on any atom is -0.329 e. The molecule has 0 aliphatic rings. The van der Waals surface area contributed by atoms with Crippen molar-refractivity contribution < 1.29 is 22.9 Å². The molecule has 0 bridgehead atoms. The van der Waals surface area contributed by atoms with E-state index >= 15 is 0 Å². The fourth-order valence-electron chi connectivity index (χ4n) is 1.32. The summed E-state index contributed by atoms with van der Waals surface area (Å²) >= 11 is 0. The number of nitrogens with zero attached hydrogens (tertiary/aromatic N) is 2. The Morgan fingerprint density at radius 2 is 1.84 bits per heavy atom. The van der Waals surface area contributed by atoms with Crippen LogP contribution in [0.5, 0.6) is 0 Å². The van der Waals surface area contributed by atoms with Crippen molar-refractivity contribution in [3.63, 3.8) is 0 Å². The predicted molar refractivity (Wildman–Crippen MR) is 60.6 cm³/mol. The first-order valence-electron chi connectivity index (χ1n) is 4.88. The van der Waals surface area contributed by atoms with E-state index in [-0.39, 0.29) is 24.8 Å². The topological polar surface area (TPSA) is 71.2 Å². The monoisotopic (exact) mass is 295 g/mol. The molecule has 1 aromatic carbocycles. The molecular formula is C10H9ClF3N3O2. The lowest BCUT2D eigenvalue weighted by molar-refractivity contribution is -0.159. The maximum atomic E-state index is 12.2. The standard InChI is InChI=1S/C10H8F3N3O2.ClH/c11-10(12,13)9-15-8(16-18-9)7-3-1-6(2-4-7)5-14-17;/h1-4,14,17H,5H2;1H. The van der Waals surface area contributed by atoms with Gasteiger partial charge in [0, 0.05) is 12.1 Å². The summed E-state index contributed by atoms with van der Waals surface area (Å²) in [5, 5.41) is 11.7. The van der Waals surface area contributed by atoms with Crippen molar-refractivity contribution in [3.8, 4) is 11.4 Å². The number of hydroxylamine groups is 1. The van der Waals surface area contributed by atoms with Crippen molar-refractivity contribution in [1.29, 1.82) is 0 Å². The SMILES string of the molecule is Cl.ONCc1ccc(-c2noc(C(F)(F)F)n2)cc1. The number of benzene rings is 1. The van der Waals surface area contributed by atoms with E-state index in [4.69, 9.17) is 5.21 Å². The third-order valence-electron chi connectivity index (χ3n) is 2.16. The molecule has 19 heavy (non-hydrogen) atoms. The van der Waals surface area contributed by atoms with E-state index in [0.717, 1.165) is 5.56 Å². The van der Waals surface area contributed by atoms with Crippen molar-refractivity contribution in [2.75, 3.05) is 0 Å². The summed E-state index contributed by atoms with van der Waals surface area (Å²) in [5.41, 5.74) is 3.13. The third kappa shape index (κ3) is 3.66. The van der Waals surface area contributed by atoms with Crippen LogP contribution in [-0.2, 0) is 12.7 Å². The maximum absolute atomic E-state index is 12.2. The largest absolute Gasteiger partial charge is 0.471 e. The fraction of sp³-hybridized carbons (Fsp3) is 0.200. The van der Waals surface area contributed by atoms with Gasteiger partial charge in [0.05, 0.1) is 0 Å². The lowest BCUT2D eigenvalue weighted by Gasteiger charge is -1.99. The molecule has 1 aromatic heterocycles. The fourth-order valence-corrected chi connectivity index (χ4v) is 1.32. The van der Waals surface area contributed by atoms with Crippen LogP contribution < -0.4 is 5.48 Å². The highest BCUT2D eigenvalue weighted by Crippen LogP contribution is 2.29. The summed E-state index contributed by atoms with van der Waals surface area (Å²) in [4.78, 5) is 3.26. The van der Waals surface area contributed by atoms with Crippen molar-refractivity contribution in [1.82, 2.24) is 15.6 Å². The summed E-state index contributed by atoms with van der Waals surface area (Å²) in [6.45, 7) is 0.236. The van der Waals surface area contributed by atoms with Gasteiger partial charge in [-0.25, -0.2) is 5.48 Å². The first kappa shape index (κ1) is 15.4. The second-order valence-corrected chi connectivity index (χ2v) is 3.45. The summed E-state index contributed by atoms with van der Waals surface area (Å²) in [5.74, 6) is -1.51. The number of halogens is 4. The van der Waals surface area contributed by atoms with Gasteiger partial charge >= 0.3 is 12.1 Å². The van der Waals surface area contributed by atoms with Gasteiger partial charge in [-0.05, 0) is 5.56 Å². The zero-order valence-corrected chi connectivity index (χ0v) is 10.1. The molecule has 2 aromatic rings. The molecule has 0 atom stereocenters. The van der Waals surface area contributed by atoms with Gasteiger partial charge in [0.1, 0.15) is 0 Å². The average Bonchev–Trinajstić information content (AvgIpc) is 2.79. The highest BCUT2D eigenvalue weighted by molar-refractivity contribution is 5.85. The van der Waals surface area contributed by atoms with Crippen LogP contribution in [0, 0.1) is 0 Å². The Kier molecular flexibility index (Phi) is 4.87. The van der Waals surface area contributed by atoms with Crippen LogP contribution >= 0.6 is 12.4 Å². The summed E-state index contributed by atoms with van der Waals surface area (Å²) in [6.07, 6.45) is -4.65. The normalized spacial score (nSPS) is 11.2. The van der Waals surface area contributed by atoms with Gasteiger partial charge in [0.15, 0.2) is 0 Å². The van der Waals surface area contributed by atoms with Crippen LogP contribution in [0.4, 0.5) is 13.2 Å². The summed E-state index contributed by atoms with van der Waals surface area (Å²) < 4.78 is 40.9. The Morgan fingerprint density at radius 1 is 1.21 bits per heavy atom. The van der Waals surface area contributed by atoms with Gasteiger partial charge in [-0.15, -0.1) is 12.4 Å². The Hall–Kier alpha value is -1.64. The molecule has 2 rings (SSSR count). The molecule has 9 heteroatoms. The second-order valence-electron chi connectivity index (χ2n) is 3.45. The van der Waals surface area contributed by atoms with Gasteiger partial charge in [-0.2, -0.15) is 18.2 Å². The molecule has 0 aliphatic heterocycles. The molecule has 0 unspecified atom stereocenters. The summed E-state index contributed by atoms with van der Waals surface area (Å²) in [7, 11) is 0. The molecule has 0 saturated heterocycles. The quantitative estimate of drug-likeness (QED) is 0.852. The molecule has 2 N–H and O–H groups in total. The van der Waals surface area contributed by atoms with Crippen molar-refractivity contribution >= 4 is 12.4 Å². The molecule has 0 fully saturated rings. The number of rotatable bonds is 3. The lowest BCUT2D eigenvalue weighted by Crippen LogP contribution is -2.05. The summed E-state index contributed by atoms with van der Waals surface area (Å²) in [6, 6.07) is 6.33. The Labute approximate surface area is 111 Å². The number of nitrogens with one attached hydrogen (secondary N) is 1. The van der Waals surface area contributed by atoms with Gasteiger partial charge in [-0.3, -0.25) is 0 Å². The Bertz CT molecular complexity index is 528. The van der Waals surface area contributed by atoms with Crippen LogP contribution in [0.1, 0.15) is 11.5 Å². The number of hydrogen-bond acceptors (Lipinski definition) is 5. The third-order valence-corrected chi connectivity index (χ3v) is 2.16. The van der Waals surface area contributed by atoms with Gasteiger partial charge in [0.25, 0.3) is 0 Å². The van der Waals surface area contributed by atoms with Gasteiger partial charge in [0.2, 0.25) is 5.82 Å². The maximum Gasteiger partial charge on any atom is 0.471 e. The van der Waals surface area contributed by atoms with Crippen molar-refractivity contribution in [3.05, 3.63) is 35.7 Å². The minimum atomic E-state index is -4.65. The van der Waals surface area contributed by atoms with E-state index in [9.17, 15) is 13.2 Å². The highest BCUT2D eigenvalue weighted by Gasteiger charge is 2.38. The van der Waals surface area contributed by atoms with E-state index in [1.807, 2.05) is 5.48 Å². The average molecular weight is 296 g/mol. The Morgan fingerprint density at radius 3 is 2.32 bits per heavy atom. The molecule has 0 amide bonds. The molecule has 0 radical (unpaired) electrons. The predicted octanol–water partition coefficient (Wildman–Crippen LogP) is 2.66. The van der Waals surface area contributed by atoms with Crippen LogP contribution in [0.15, 0.2) is 28.8 Å². The molecule has 5 nitrogen and oxygen atoms in total. The molecule has 0 aliphatic carbocycles. The Balaban J connectivity index is 0.00000180. The zero-order chi connectivity index (χ0) is 13.2. The smallest absolute Gasteiger partial charge is 0.329 e. The van der Waals surface area contributed by atoms with E-state index in [2.05, 4.69) is 14.7 Å². The first-order valence-corrected chi connectivity index (χ1v) is 4.88. The van der Waals surface area contributed by atoms with Crippen LogP contribution in [-0.4, -0.2) is 15.3 Å². The van der Waals surface area contributed by atoms with Crippen LogP contribution in [0.3, 0.4) is 0 Å². The molecule has 1 heterocycles. The second kappa shape index (κ2) is 6.00. The minimum absolute atomic E-state index is 0. The number of aromatic nitrogens is 2. The molecule has 104 valence electrons. The zero-order valence-electron chi connectivity index (χ0n) is 9.31. The number of hydrogen-bond donors (Lipinski definition) is 2. The van der Waals surface area contributed by atoms with Crippen LogP contribution in [0.25, 0.3) is 11.4 Å². The lowest BCUT2D eigenvalue weighted by atomic mass is 10.1. The molecule has 0 spiro atoms. The van der Waals surface area contributed by atoms with E-state index in [0.29, 0.717) is 5.56 Å². The van der Waals surface area contributed by atoms with Gasteiger partial charge in [-0.1, -0.05) is 29.4 Å². The van der Waals surface area contributed by atoms with Crippen molar-refractivity contribution in [2.45, 2.75) is 12.7 Å². The first-order chi connectivity index (χ1) is 8.50. The molecular weight excluding hydrogens is 287 g/mol. The van der Waals surface area contributed by atoms with E-state index < -0.39 is 12.1 Å². The van der Waals surface area contributed by atoms with E-state index in [1.165, 1.54) is 12.1 Å². The molecule has 0 saturated carbocycles.